The highest BCUT2D eigenvalue weighted by Gasteiger charge is 2.25. The Labute approximate surface area is 120 Å². The van der Waals surface area contributed by atoms with Gasteiger partial charge in [0.05, 0.1) is 5.69 Å². The van der Waals surface area contributed by atoms with Gasteiger partial charge in [0, 0.05) is 23.5 Å². The molecule has 3 atom stereocenters. The summed E-state index contributed by atoms with van der Waals surface area (Å²) in [5.74, 6) is 1.62. The normalized spacial score (nSPS) is 26.4. The van der Waals surface area contributed by atoms with Crippen LogP contribution in [0.1, 0.15) is 33.1 Å². The van der Waals surface area contributed by atoms with Crippen molar-refractivity contribution in [1.82, 2.24) is 10.2 Å². The Balaban J connectivity index is 1.73. The summed E-state index contributed by atoms with van der Waals surface area (Å²) < 4.78 is 0. The van der Waals surface area contributed by atoms with Gasteiger partial charge in [-0.25, -0.2) is 0 Å². The van der Waals surface area contributed by atoms with E-state index in [2.05, 4.69) is 53.6 Å². The van der Waals surface area contributed by atoms with Crippen molar-refractivity contribution >= 4 is 5.69 Å². The van der Waals surface area contributed by atoms with Crippen LogP contribution in [0.3, 0.4) is 0 Å². The number of nitrogens with one attached hydrogen (secondary N) is 2. The number of H-pyrrole nitrogens is 1. The summed E-state index contributed by atoms with van der Waals surface area (Å²) in [5.41, 5.74) is 3.46. The highest BCUT2D eigenvalue weighted by molar-refractivity contribution is 5.64. The second-order valence-electron chi connectivity index (χ2n) is 6.20. The Kier molecular flexibility index (Phi) is 3.77. The molecule has 1 aromatic carbocycles. The number of hydrogen-bond donors (Lipinski definition) is 2. The van der Waals surface area contributed by atoms with Gasteiger partial charge >= 0.3 is 0 Å². The predicted octanol–water partition coefficient (Wildman–Crippen LogP) is 4.31. The number of aromatic nitrogens is 2. The van der Waals surface area contributed by atoms with Gasteiger partial charge in [0.1, 0.15) is 0 Å². The highest BCUT2D eigenvalue weighted by atomic mass is 15.1. The first kappa shape index (κ1) is 13.2. The van der Waals surface area contributed by atoms with Crippen LogP contribution in [0.5, 0.6) is 0 Å². The third-order valence-electron chi connectivity index (χ3n) is 4.46. The topological polar surface area (TPSA) is 40.7 Å². The zero-order valence-electron chi connectivity index (χ0n) is 12.3. The van der Waals surface area contributed by atoms with E-state index in [1.54, 1.807) is 6.20 Å². The van der Waals surface area contributed by atoms with Crippen LogP contribution in [0, 0.1) is 11.8 Å². The molecule has 2 N–H and O–H groups in total. The second kappa shape index (κ2) is 5.70. The first-order valence-corrected chi connectivity index (χ1v) is 7.58. The van der Waals surface area contributed by atoms with Crippen molar-refractivity contribution in [2.45, 2.75) is 39.2 Å². The largest absolute Gasteiger partial charge is 0.382 e. The molecule has 0 spiro atoms. The molecule has 1 aliphatic rings. The molecule has 0 bridgehead atoms. The summed E-state index contributed by atoms with van der Waals surface area (Å²) in [6.45, 7) is 4.73. The Morgan fingerprint density at radius 1 is 1.20 bits per heavy atom. The molecule has 3 nitrogen and oxygen atoms in total. The van der Waals surface area contributed by atoms with Crippen molar-refractivity contribution in [2.24, 2.45) is 11.8 Å². The maximum absolute atomic E-state index is 4.02. The molecule has 1 heterocycles. The molecular weight excluding hydrogens is 246 g/mol. The highest BCUT2D eigenvalue weighted by Crippen LogP contribution is 2.31. The standard InChI is InChI=1S/C17H23N3/c1-12-6-7-16(13(2)10-12)19-15-5-3-4-14(11-15)17-8-9-18-20-17/h3-5,8-9,11-13,16,19H,6-7,10H2,1-2H3,(H,18,20). The van der Waals surface area contributed by atoms with Gasteiger partial charge in [-0.3, -0.25) is 5.10 Å². The first-order valence-electron chi connectivity index (χ1n) is 7.58. The third kappa shape index (κ3) is 2.87. The number of nitrogens with zero attached hydrogens (tertiary/aromatic N) is 1. The van der Waals surface area contributed by atoms with Crippen molar-refractivity contribution < 1.29 is 0 Å². The minimum absolute atomic E-state index is 0.600. The smallest absolute Gasteiger partial charge is 0.0650 e. The van der Waals surface area contributed by atoms with E-state index in [-0.39, 0.29) is 0 Å². The predicted molar refractivity (Wildman–Crippen MR) is 83.6 cm³/mol. The number of rotatable bonds is 3. The average molecular weight is 269 g/mol. The van der Waals surface area contributed by atoms with Crippen LogP contribution < -0.4 is 5.32 Å². The molecule has 1 aliphatic carbocycles. The lowest BCUT2D eigenvalue weighted by atomic mass is 9.80. The van der Waals surface area contributed by atoms with Crippen molar-refractivity contribution in [2.75, 3.05) is 5.32 Å². The summed E-state index contributed by atoms with van der Waals surface area (Å²) in [5, 5.41) is 10.8. The molecule has 1 aromatic heterocycles. The van der Waals surface area contributed by atoms with Crippen LogP contribution in [0.2, 0.25) is 0 Å². The first-order chi connectivity index (χ1) is 9.72. The molecule has 0 amide bonds. The average Bonchev–Trinajstić information content (AvgIpc) is 2.96. The lowest BCUT2D eigenvalue weighted by molar-refractivity contribution is 0.276. The van der Waals surface area contributed by atoms with Crippen molar-refractivity contribution in [3.05, 3.63) is 36.5 Å². The van der Waals surface area contributed by atoms with Crippen molar-refractivity contribution in [1.29, 1.82) is 0 Å². The van der Waals surface area contributed by atoms with Crippen LogP contribution in [0.15, 0.2) is 36.5 Å². The monoisotopic (exact) mass is 269 g/mol. The molecule has 3 rings (SSSR count). The summed E-state index contributed by atoms with van der Waals surface area (Å²) >= 11 is 0. The Morgan fingerprint density at radius 3 is 2.85 bits per heavy atom. The molecule has 1 saturated carbocycles. The van der Waals surface area contributed by atoms with E-state index < -0.39 is 0 Å². The molecule has 0 saturated heterocycles. The minimum Gasteiger partial charge on any atom is -0.382 e. The van der Waals surface area contributed by atoms with Gasteiger partial charge in [-0.2, -0.15) is 5.10 Å². The molecular formula is C17H23N3. The lowest BCUT2D eigenvalue weighted by Gasteiger charge is -2.33. The van der Waals surface area contributed by atoms with Gasteiger partial charge < -0.3 is 5.32 Å². The zero-order valence-corrected chi connectivity index (χ0v) is 12.3. The second-order valence-corrected chi connectivity index (χ2v) is 6.20. The number of anilines is 1. The van der Waals surface area contributed by atoms with Gasteiger partial charge in [-0.15, -0.1) is 0 Å². The van der Waals surface area contributed by atoms with Crippen molar-refractivity contribution in [3.8, 4) is 11.3 Å². The third-order valence-corrected chi connectivity index (χ3v) is 4.46. The molecule has 3 heteroatoms. The van der Waals surface area contributed by atoms with E-state index in [9.17, 15) is 0 Å². The fraction of sp³-hybridized carbons (Fsp3) is 0.471. The molecule has 20 heavy (non-hydrogen) atoms. The van der Waals surface area contributed by atoms with E-state index in [1.807, 2.05) is 6.07 Å². The molecule has 1 fully saturated rings. The zero-order chi connectivity index (χ0) is 13.9. The van der Waals surface area contributed by atoms with Crippen LogP contribution >= 0.6 is 0 Å². The summed E-state index contributed by atoms with van der Waals surface area (Å²) in [7, 11) is 0. The van der Waals surface area contributed by atoms with Crippen molar-refractivity contribution in [3.63, 3.8) is 0 Å². The van der Waals surface area contributed by atoms with E-state index in [0.29, 0.717) is 6.04 Å². The van der Waals surface area contributed by atoms with E-state index in [1.165, 1.54) is 30.5 Å². The van der Waals surface area contributed by atoms with Crippen LogP contribution in [-0.4, -0.2) is 16.2 Å². The fourth-order valence-electron chi connectivity index (χ4n) is 3.29. The summed E-state index contributed by atoms with van der Waals surface area (Å²) in [6.07, 6.45) is 5.73. The number of aromatic amines is 1. The van der Waals surface area contributed by atoms with E-state index in [4.69, 9.17) is 0 Å². The van der Waals surface area contributed by atoms with Gasteiger partial charge in [0.15, 0.2) is 0 Å². The summed E-state index contributed by atoms with van der Waals surface area (Å²) in [6, 6.07) is 11.2. The molecule has 2 aromatic rings. The Bertz CT molecular complexity index is 547. The van der Waals surface area contributed by atoms with Crippen LogP contribution in [-0.2, 0) is 0 Å². The molecule has 3 unspecified atom stereocenters. The van der Waals surface area contributed by atoms with Gasteiger partial charge in [0.25, 0.3) is 0 Å². The number of benzene rings is 1. The molecule has 106 valence electrons. The van der Waals surface area contributed by atoms with E-state index in [0.717, 1.165) is 17.5 Å². The van der Waals surface area contributed by atoms with Gasteiger partial charge in [-0.05, 0) is 49.3 Å². The van der Waals surface area contributed by atoms with Gasteiger partial charge in [0.2, 0.25) is 0 Å². The van der Waals surface area contributed by atoms with Crippen LogP contribution in [0.25, 0.3) is 11.3 Å². The Morgan fingerprint density at radius 2 is 2.10 bits per heavy atom. The summed E-state index contributed by atoms with van der Waals surface area (Å²) in [4.78, 5) is 0. The molecule has 0 radical (unpaired) electrons. The van der Waals surface area contributed by atoms with Gasteiger partial charge in [-0.1, -0.05) is 26.0 Å². The quantitative estimate of drug-likeness (QED) is 0.871. The molecule has 0 aliphatic heterocycles. The fourth-order valence-corrected chi connectivity index (χ4v) is 3.29. The number of hydrogen-bond acceptors (Lipinski definition) is 2. The maximum Gasteiger partial charge on any atom is 0.0650 e. The Hall–Kier alpha value is -1.77. The van der Waals surface area contributed by atoms with Crippen LogP contribution in [0.4, 0.5) is 5.69 Å². The maximum atomic E-state index is 4.02. The van der Waals surface area contributed by atoms with E-state index >= 15 is 0 Å². The minimum atomic E-state index is 0.600. The SMILES string of the molecule is CC1CCC(Nc2cccc(-c3ccn[nH]3)c2)C(C)C1. The lowest BCUT2D eigenvalue weighted by Crippen LogP contribution is -2.32.